The Morgan fingerprint density at radius 2 is 2.08 bits per heavy atom. The van der Waals surface area contributed by atoms with Crippen LogP contribution in [0.3, 0.4) is 0 Å². The largest absolute Gasteiger partial charge is 0.360 e. The summed E-state index contributed by atoms with van der Waals surface area (Å²) in [5.74, 6) is 0.538. The molecule has 0 spiro atoms. The maximum atomic E-state index is 11.0. The minimum Gasteiger partial charge on any atom is -0.339 e. The van der Waals surface area contributed by atoms with Gasteiger partial charge >= 0.3 is 5.63 Å². The molecule has 0 bridgehead atoms. The van der Waals surface area contributed by atoms with Crippen LogP contribution in [0.15, 0.2) is 9.32 Å². The number of aromatic amines is 1. The minimum absolute atomic E-state index is 0.211. The highest BCUT2D eigenvalue weighted by molar-refractivity contribution is 5.17. The molecule has 0 aliphatic heterocycles. The summed E-state index contributed by atoms with van der Waals surface area (Å²) in [7, 11) is 0. The van der Waals surface area contributed by atoms with Gasteiger partial charge in [0, 0.05) is 5.92 Å². The fourth-order valence-electron chi connectivity index (χ4n) is 1.97. The number of aromatic nitrogens is 1. The molecule has 1 aliphatic carbocycles. The predicted molar refractivity (Wildman–Crippen MR) is 45.3 cm³/mol. The minimum atomic E-state index is -0.211. The second kappa shape index (κ2) is 2.81. The van der Waals surface area contributed by atoms with E-state index in [1.807, 2.05) is 6.92 Å². The standard InChI is InChI=1S/C9H13NO2/c1-6-8(10-12-9(6)11)7-4-2-3-5-7/h7,10H,2-5H2,1H3. The Hall–Kier alpha value is -0.990. The molecule has 66 valence electrons. The van der Waals surface area contributed by atoms with Gasteiger partial charge in [-0.2, -0.15) is 0 Å². The van der Waals surface area contributed by atoms with Gasteiger partial charge in [0.15, 0.2) is 0 Å². The van der Waals surface area contributed by atoms with Crippen LogP contribution in [0.4, 0.5) is 0 Å². The van der Waals surface area contributed by atoms with Crippen LogP contribution in [0.25, 0.3) is 0 Å². The summed E-state index contributed by atoms with van der Waals surface area (Å²) in [6.45, 7) is 1.83. The molecule has 0 aromatic carbocycles. The molecule has 0 amide bonds. The third-order valence-corrected chi connectivity index (χ3v) is 2.73. The Kier molecular flexibility index (Phi) is 1.79. The smallest absolute Gasteiger partial charge is 0.339 e. The van der Waals surface area contributed by atoms with E-state index in [1.54, 1.807) is 0 Å². The monoisotopic (exact) mass is 167 g/mol. The number of rotatable bonds is 1. The summed E-state index contributed by atoms with van der Waals surface area (Å²) in [6, 6.07) is 0. The molecule has 0 atom stereocenters. The van der Waals surface area contributed by atoms with Crippen LogP contribution in [0.2, 0.25) is 0 Å². The van der Waals surface area contributed by atoms with E-state index in [-0.39, 0.29) is 5.63 Å². The van der Waals surface area contributed by atoms with Gasteiger partial charge in [-0.25, -0.2) is 9.95 Å². The third-order valence-electron chi connectivity index (χ3n) is 2.73. The third kappa shape index (κ3) is 1.09. The van der Waals surface area contributed by atoms with Crippen molar-refractivity contribution in [3.63, 3.8) is 0 Å². The summed E-state index contributed by atoms with van der Waals surface area (Å²) in [5, 5.41) is 2.73. The summed E-state index contributed by atoms with van der Waals surface area (Å²) < 4.78 is 4.73. The molecule has 0 radical (unpaired) electrons. The second-order valence-corrected chi connectivity index (χ2v) is 3.51. The van der Waals surface area contributed by atoms with E-state index in [4.69, 9.17) is 4.52 Å². The van der Waals surface area contributed by atoms with Gasteiger partial charge < -0.3 is 4.52 Å². The van der Waals surface area contributed by atoms with Crippen molar-refractivity contribution in [3.05, 3.63) is 21.7 Å². The van der Waals surface area contributed by atoms with Gasteiger partial charge in [-0.15, -0.1) is 0 Å². The highest BCUT2D eigenvalue weighted by Crippen LogP contribution is 2.33. The number of nitrogens with one attached hydrogen (secondary N) is 1. The fourth-order valence-corrected chi connectivity index (χ4v) is 1.97. The van der Waals surface area contributed by atoms with E-state index in [1.165, 1.54) is 25.7 Å². The van der Waals surface area contributed by atoms with Gasteiger partial charge in [-0.05, 0) is 19.8 Å². The van der Waals surface area contributed by atoms with Gasteiger partial charge in [-0.1, -0.05) is 12.8 Å². The van der Waals surface area contributed by atoms with E-state index in [0.29, 0.717) is 5.92 Å². The lowest BCUT2D eigenvalue weighted by molar-refractivity contribution is 0.379. The number of H-pyrrole nitrogens is 1. The summed E-state index contributed by atoms with van der Waals surface area (Å²) in [6.07, 6.45) is 4.93. The van der Waals surface area contributed by atoms with Gasteiger partial charge in [0.25, 0.3) is 0 Å². The zero-order valence-electron chi connectivity index (χ0n) is 7.22. The van der Waals surface area contributed by atoms with E-state index in [0.717, 1.165) is 11.3 Å². The molecule has 12 heavy (non-hydrogen) atoms. The van der Waals surface area contributed by atoms with E-state index in [9.17, 15) is 4.79 Å². The van der Waals surface area contributed by atoms with Crippen molar-refractivity contribution in [1.29, 1.82) is 0 Å². The van der Waals surface area contributed by atoms with E-state index in [2.05, 4.69) is 5.16 Å². The SMILES string of the molecule is Cc1c(C2CCCC2)[nH]oc1=O. The molecule has 1 fully saturated rings. The molecule has 0 saturated heterocycles. The molecule has 3 heteroatoms. The lowest BCUT2D eigenvalue weighted by Crippen LogP contribution is -2.00. The first-order valence-corrected chi connectivity index (χ1v) is 4.47. The second-order valence-electron chi connectivity index (χ2n) is 3.51. The Balaban J connectivity index is 2.32. The maximum Gasteiger partial charge on any atom is 0.360 e. The maximum absolute atomic E-state index is 11.0. The first-order chi connectivity index (χ1) is 5.79. The first-order valence-electron chi connectivity index (χ1n) is 4.47. The Morgan fingerprint density at radius 3 is 2.58 bits per heavy atom. The lowest BCUT2D eigenvalue weighted by Gasteiger charge is -2.04. The van der Waals surface area contributed by atoms with Crippen molar-refractivity contribution in [2.24, 2.45) is 0 Å². The average Bonchev–Trinajstić information content (AvgIpc) is 2.64. The zero-order valence-corrected chi connectivity index (χ0v) is 7.22. The van der Waals surface area contributed by atoms with Crippen molar-refractivity contribution < 1.29 is 4.52 Å². The summed E-state index contributed by atoms with van der Waals surface area (Å²) >= 11 is 0. The van der Waals surface area contributed by atoms with Crippen LogP contribution in [0, 0.1) is 6.92 Å². The summed E-state index contributed by atoms with van der Waals surface area (Å²) in [4.78, 5) is 11.0. The van der Waals surface area contributed by atoms with Crippen molar-refractivity contribution >= 4 is 0 Å². The molecule has 1 heterocycles. The Labute approximate surface area is 70.7 Å². The van der Waals surface area contributed by atoms with E-state index < -0.39 is 0 Å². The van der Waals surface area contributed by atoms with Gasteiger partial charge in [-0.3, -0.25) is 0 Å². The van der Waals surface area contributed by atoms with E-state index >= 15 is 0 Å². The first kappa shape index (κ1) is 7.65. The Bertz CT molecular complexity index is 318. The van der Waals surface area contributed by atoms with Gasteiger partial charge in [0.2, 0.25) is 0 Å². The lowest BCUT2D eigenvalue weighted by atomic mass is 10.0. The number of hydrogen-bond acceptors (Lipinski definition) is 2. The van der Waals surface area contributed by atoms with Crippen molar-refractivity contribution in [3.8, 4) is 0 Å². The molecule has 2 rings (SSSR count). The molecule has 1 aromatic rings. The Morgan fingerprint density at radius 1 is 1.42 bits per heavy atom. The zero-order chi connectivity index (χ0) is 8.55. The van der Waals surface area contributed by atoms with Crippen LogP contribution < -0.4 is 5.63 Å². The van der Waals surface area contributed by atoms with Gasteiger partial charge in [0.1, 0.15) is 0 Å². The van der Waals surface area contributed by atoms with Crippen molar-refractivity contribution in [2.45, 2.75) is 38.5 Å². The van der Waals surface area contributed by atoms with Gasteiger partial charge in [0.05, 0.1) is 11.3 Å². The van der Waals surface area contributed by atoms with Crippen LogP contribution in [-0.4, -0.2) is 5.16 Å². The molecule has 1 aliphatic rings. The molecule has 1 aromatic heterocycles. The normalized spacial score (nSPS) is 18.8. The average molecular weight is 167 g/mol. The van der Waals surface area contributed by atoms with Crippen LogP contribution in [0.5, 0.6) is 0 Å². The molecule has 0 unspecified atom stereocenters. The fraction of sp³-hybridized carbons (Fsp3) is 0.667. The number of hydrogen-bond donors (Lipinski definition) is 1. The topological polar surface area (TPSA) is 46.0 Å². The molecular weight excluding hydrogens is 154 g/mol. The molecule has 1 N–H and O–H groups in total. The molecule has 1 saturated carbocycles. The van der Waals surface area contributed by atoms with Crippen LogP contribution in [-0.2, 0) is 0 Å². The molecular formula is C9H13NO2. The quantitative estimate of drug-likeness (QED) is 0.694. The van der Waals surface area contributed by atoms with Crippen molar-refractivity contribution in [2.75, 3.05) is 0 Å². The van der Waals surface area contributed by atoms with Crippen LogP contribution >= 0.6 is 0 Å². The summed E-state index contributed by atoms with van der Waals surface area (Å²) in [5.41, 5.74) is 1.58. The van der Waals surface area contributed by atoms with Crippen molar-refractivity contribution in [1.82, 2.24) is 5.16 Å². The predicted octanol–water partition coefficient (Wildman–Crippen LogP) is 1.93. The molecule has 3 nitrogen and oxygen atoms in total. The highest BCUT2D eigenvalue weighted by Gasteiger charge is 2.21. The highest BCUT2D eigenvalue weighted by atomic mass is 16.5. The van der Waals surface area contributed by atoms with Crippen LogP contribution in [0.1, 0.15) is 42.9 Å².